The second kappa shape index (κ2) is 8.51. The van der Waals surface area contributed by atoms with Crippen molar-refractivity contribution in [3.05, 3.63) is 0 Å². The molecule has 0 aromatic rings. The highest BCUT2D eigenvalue weighted by molar-refractivity contribution is 5.82. The summed E-state index contributed by atoms with van der Waals surface area (Å²) in [6.45, 7) is 11.3. The quantitative estimate of drug-likeness (QED) is 0.708. The van der Waals surface area contributed by atoms with Crippen molar-refractivity contribution >= 4 is 11.9 Å². The maximum absolute atomic E-state index is 12.1. The lowest BCUT2D eigenvalue weighted by atomic mass is 9.94. The van der Waals surface area contributed by atoms with Gasteiger partial charge in [-0.3, -0.25) is 9.59 Å². The molecule has 0 aromatic heterocycles. The maximum atomic E-state index is 12.1. The van der Waals surface area contributed by atoms with Crippen molar-refractivity contribution < 1.29 is 14.3 Å². The first-order valence-corrected chi connectivity index (χ1v) is 8.40. The molecular formula is C17H32N2O3. The molecule has 0 saturated carbocycles. The van der Waals surface area contributed by atoms with Crippen molar-refractivity contribution in [3.63, 3.8) is 0 Å². The fourth-order valence-electron chi connectivity index (χ4n) is 2.80. The Morgan fingerprint density at radius 2 is 2.00 bits per heavy atom. The lowest BCUT2D eigenvalue weighted by Crippen LogP contribution is -2.42. The third-order valence-electron chi connectivity index (χ3n) is 3.62. The van der Waals surface area contributed by atoms with Crippen LogP contribution in [-0.4, -0.2) is 36.6 Å². The predicted molar refractivity (Wildman–Crippen MR) is 87.4 cm³/mol. The molecule has 2 N–H and O–H groups in total. The summed E-state index contributed by atoms with van der Waals surface area (Å²) in [5, 5.41) is 6.18. The minimum absolute atomic E-state index is 0.0513. The monoisotopic (exact) mass is 312 g/mol. The fourth-order valence-corrected chi connectivity index (χ4v) is 2.80. The zero-order chi connectivity index (χ0) is 16.8. The highest BCUT2D eigenvalue weighted by Gasteiger charge is 2.25. The molecule has 1 aliphatic heterocycles. The van der Waals surface area contributed by atoms with Crippen LogP contribution in [0.3, 0.4) is 0 Å². The number of esters is 1. The Bertz CT molecular complexity index is 369. The second-order valence-corrected chi connectivity index (χ2v) is 7.68. The summed E-state index contributed by atoms with van der Waals surface area (Å²) < 4.78 is 5.39. The molecular weight excluding hydrogens is 280 g/mol. The highest BCUT2D eigenvalue weighted by atomic mass is 16.6. The molecule has 0 bridgehead atoms. The summed E-state index contributed by atoms with van der Waals surface area (Å²) in [5.41, 5.74) is -0.462. The van der Waals surface area contributed by atoms with Crippen molar-refractivity contribution in [3.8, 4) is 0 Å². The number of nitrogens with one attached hydrogen (secondary N) is 2. The molecule has 1 aliphatic rings. The number of ether oxygens (including phenoxy) is 1. The number of amides is 1. The fraction of sp³-hybridized carbons (Fsp3) is 0.882. The lowest BCUT2D eigenvalue weighted by Gasteiger charge is -2.24. The van der Waals surface area contributed by atoms with Crippen molar-refractivity contribution in [2.24, 2.45) is 11.8 Å². The topological polar surface area (TPSA) is 67.4 Å². The van der Waals surface area contributed by atoms with E-state index in [-0.39, 0.29) is 23.8 Å². The van der Waals surface area contributed by atoms with Gasteiger partial charge >= 0.3 is 5.97 Å². The molecule has 22 heavy (non-hydrogen) atoms. The van der Waals surface area contributed by atoms with E-state index in [2.05, 4.69) is 24.5 Å². The van der Waals surface area contributed by atoms with E-state index in [1.54, 1.807) is 0 Å². The zero-order valence-corrected chi connectivity index (χ0v) is 14.7. The summed E-state index contributed by atoms with van der Waals surface area (Å²) in [7, 11) is 0. The molecule has 0 spiro atoms. The van der Waals surface area contributed by atoms with Crippen LogP contribution in [0.15, 0.2) is 0 Å². The SMILES string of the molecule is CC(C)C[C@H](CNC(=O)[C@@H]1CCCN1)CC(=O)OC(C)(C)C. The van der Waals surface area contributed by atoms with Crippen LogP contribution in [0, 0.1) is 11.8 Å². The highest BCUT2D eigenvalue weighted by Crippen LogP contribution is 2.18. The first-order chi connectivity index (χ1) is 10.2. The number of hydrogen-bond donors (Lipinski definition) is 2. The number of carbonyl (C=O) groups excluding carboxylic acids is 2. The van der Waals surface area contributed by atoms with E-state index in [0.29, 0.717) is 18.9 Å². The molecule has 1 fully saturated rings. The van der Waals surface area contributed by atoms with Crippen LogP contribution in [0.1, 0.15) is 60.3 Å². The first kappa shape index (κ1) is 18.9. The molecule has 0 aliphatic carbocycles. The van der Waals surface area contributed by atoms with E-state index in [1.165, 1.54) is 0 Å². The van der Waals surface area contributed by atoms with Crippen LogP contribution in [0.4, 0.5) is 0 Å². The van der Waals surface area contributed by atoms with Gasteiger partial charge in [-0.15, -0.1) is 0 Å². The standard InChI is InChI=1S/C17H32N2O3/c1-12(2)9-13(10-15(20)22-17(3,4)5)11-19-16(21)14-7-6-8-18-14/h12-14,18H,6-11H2,1-5H3,(H,19,21)/t13-,14-/m0/s1. The number of carbonyl (C=O) groups is 2. The molecule has 0 radical (unpaired) electrons. The summed E-state index contributed by atoms with van der Waals surface area (Å²) in [6.07, 6.45) is 3.20. The molecule has 1 rings (SSSR count). The Morgan fingerprint density at radius 3 is 2.50 bits per heavy atom. The van der Waals surface area contributed by atoms with E-state index in [9.17, 15) is 9.59 Å². The second-order valence-electron chi connectivity index (χ2n) is 7.68. The summed E-state index contributed by atoms with van der Waals surface area (Å²) in [4.78, 5) is 24.1. The number of rotatable bonds is 7. The zero-order valence-electron chi connectivity index (χ0n) is 14.7. The molecule has 0 unspecified atom stereocenters. The van der Waals surface area contributed by atoms with Crippen molar-refractivity contribution in [1.29, 1.82) is 0 Å². The van der Waals surface area contributed by atoms with Gasteiger partial charge in [0.1, 0.15) is 5.60 Å². The van der Waals surface area contributed by atoms with E-state index in [4.69, 9.17) is 4.74 Å². The largest absolute Gasteiger partial charge is 0.460 e. The minimum atomic E-state index is -0.462. The Hall–Kier alpha value is -1.10. The summed E-state index contributed by atoms with van der Waals surface area (Å²) >= 11 is 0. The van der Waals surface area contributed by atoms with E-state index in [1.807, 2.05) is 20.8 Å². The average molecular weight is 312 g/mol. The van der Waals surface area contributed by atoms with Crippen LogP contribution >= 0.6 is 0 Å². The molecule has 128 valence electrons. The van der Waals surface area contributed by atoms with E-state index >= 15 is 0 Å². The molecule has 0 aromatic carbocycles. The Labute approximate surface area is 134 Å². The van der Waals surface area contributed by atoms with Gasteiger partial charge in [-0.05, 0) is 58.4 Å². The van der Waals surface area contributed by atoms with Gasteiger partial charge in [-0.1, -0.05) is 13.8 Å². The Kier molecular flexibility index (Phi) is 7.33. The van der Waals surface area contributed by atoms with Gasteiger partial charge in [0.15, 0.2) is 0 Å². The van der Waals surface area contributed by atoms with Crippen LogP contribution in [0.25, 0.3) is 0 Å². The normalized spacial score (nSPS) is 20.0. The lowest BCUT2D eigenvalue weighted by molar-refractivity contribution is -0.156. The van der Waals surface area contributed by atoms with E-state index < -0.39 is 5.60 Å². The smallest absolute Gasteiger partial charge is 0.306 e. The van der Waals surface area contributed by atoms with Crippen molar-refractivity contribution in [2.45, 2.75) is 71.9 Å². The molecule has 5 nitrogen and oxygen atoms in total. The van der Waals surface area contributed by atoms with Crippen molar-refractivity contribution in [1.82, 2.24) is 10.6 Å². The molecule has 1 saturated heterocycles. The van der Waals surface area contributed by atoms with Gasteiger partial charge in [0.05, 0.1) is 12.5 Å². The van der Waals surface area contributed by atoms with Gasteiger partial charge in [0.25, 0.3) is 0 Å². The van der Waals surface area contributed by atoms with Crippen LogP contribution in [-0.2, 0) is 14.3 Å². The minimum Gasteiger partial charge on any atom is -0.460 e. The molecule has 2 atom stereocenters. The molecule has 1 heterocycles. The average Bonchev–Trinajstić information content (AvgIpc) is 2.86. The van der Waals surface area contributed by atoms with Crippen molar-refractivity contribution in [2.75, 3.05) is 13.1 Å². The van der Waals surface area contributed by atoms with Gasteiger partial charge in [-0.25, -0.2) is 0 Å². The van der Waals surface area contributed by atoms with E-state index in [0.717, 1.165) is 25.8 Å². The van der Waals surface area contributed by atoms with Gasteiger partial charge < -0.3 is 15.4 Å². The molecule has 1 amide bonds. The van der Waals surface area contributed by atoms with Gasteiger partial charge in [-0.2, -0.15) is 0 Å². The Morgan fingerprint density at radius 1 is 1.32 bits per heavy atom. The third-order valence-corrected chi connectivity index (χ3v) is 3.62. The van der Waals surface area contributed by atoms with Gasteiger partial charge in [0.2, 0.25) is 5.91 Å². The van der Waals surface area contributed by atoms with Crippen LogP contribution < -0.4 is 10.6 Å². The van der Waals surface area contributed by atoms with Crippen LogP contribution in [0.2, 0.25) is 0 Å². The van der Waals surface area contributed by atoms with Gasteiger partial charge in [0, 0.05) is 6.54 Å². The predicted octanol–water partition coefficient (Wildman–Crippen LogP) is 2.25. The van der Waals surface area contributed by atoms with Crippen LogP contribution in [0.5, 0.6) is 0 Å². The summed E-state index contributed by atoms with van der Waals surface area (Å²) in [6, 6.07) is -0.0683. The first-order valence-electron chi connectivity index (χ1n) is 8.40. The number of hydrogen-bond acceptors (Lipinski definition) is 4. The third kappa shape index (κ3) is 7.78. The molecule has 5 heteroatoms. The maximum Gasteiger partial charge on any atom is 0.306 e. The Balaban J connectivity index is 2.45. The summed E-state index contributed by atoms with van der Waals surface area (Å²) in [5.74, 6) is 0.469.